The predicted molar refractivity (Wildman–Crippen MR) is 210 cm³/mol. The summed E-state index contributed by atoms with van der Waals surface area (Å²) < 4.78 is 17.3. The van der Waals surface area contributed by atoms with E-state index in [4.69, 9.17) is 25.8 Å². The highest BCUT2D eigenvalue weighted by Crippen LogP contribution is 2.39. The highest BCUT2D eigenvalue weighted by atomic mass is 35.5. The number of halogens is 1. The fourth-order valence-corrected chi connectivity index (χ4v) is 7.41. The summed E-state index contributed by atoms with van der Waals surface area (Å²) in [5.41, 5.74) is 5.06. The average Bonchev–Trinajstić information content (AvgIpc) is 3.45. The number of amides is 4. The van der Waals surface area contributed by atoms with Crippen LogP contribution in [0.5, 0.6) is 11.5 Å². The molecule has 14 heteroatoms. The minimum absolute atomic E-state index is 0.0432. The third-order valence-electron chi connectivity index (χ3n) is 9.95. The Balaban J connectivity index is 0.911. The number of nitriles is 1. The number of hydrogen-bond donors (Lipinski definition) is 1. The van der Waals surface area contributed by atoms with Crippen molar-refractivity contribution >= 4 is 57.9 Å². The number of thioether (sulfide) groups is 1. The molecule has 1 atom stereocenters. The van der Waals surface area contributed by atoms with E-state index in [0.29, 0.717) is 16.3 Å². The van der Waals surface area contributed by atoms with Gasteiger partial charge in [0.15, 0.2) is 10.9 Å². The van der Waals surface area contributed by atoms with Gasteiger partial charge in [-0.25, -0.2) is 9.97 Å². The van der Waals surface area contributed by atoms with E-state index in [1.165, 1.54) is 23.9 Å². The zero-order valence-electron chi connectivity index (χ0n) is 30.8. The summed E-state index contributed by atoms with van der Waals surface area (Å²) in [6, 6.07) is 23.8. The van der Waals surface area contributed by atoms with Gasteiger partial charge < -0.3 is 14.2 Å². The van der Waals surface area contributed by atoms with Gasteiger partial charge in [0, 0.05) is 23.4 Å². The van der Waals surface area contributed by atoms with Crippen LogP contribution in [0.4, 0.5) is 0 Å². The van der Waals surface area contributed by atoms with Crippen molar-refractivity contribution in [3.8, 4) is 28.7 Å². The molecule has 0 spiro atoms. The lowest BCUT2D eigenvalue weighted by atomic mass is 9.77. The van der Waals surface area contributed by atoms with Gasteiger partial charge in [-0.2, -0.15) is 5.26 Å². The highest BCUT2D eigenvalue weighted by molar-refractivity contribution is 7.98. The predicted octanol–water partition coefficient (Wildman–Crippen LogP) is 6.75. The van der Waals surface area contributed by atoms with Crippen LogP contribution < -0.4 is 14.8 Å². The second kappa shape index (κ2) is 16.1. The first-order chi connectivity index (χ1) is 27.0. The van der Waals surface area contributed by atoms with Crippen LogP contribution in [-0.4, -0.2) is 77.2 Å². The van der Waals surface area contributed by atoms with Crippen molar-refractivity contribution in [2.75, 3.05) is 32.7 Å². The van der Waals surface area contributed by atoms with Gasteiger partial charge in [0.2, 0.25) is 11.8 Å². The summed E-state index contributed by atoms with van der Waals surface area (Å²) in [7, 11) is 0. The van der Waals surface area contributed by atoms with Crippen LogP contribution in [0.1, 0.15) is 64.1 Å². The van der Waals surface area contributed by atoms with Crippen LogP contribution in [-0.2, 0) is 19.7 Å². The van der Waals surface area contributed by atoms with Crippen LogP contribution >= 0.6 is 23.4 Å². The summed E-state index contributed by atoms with van der Waals surface area (Å²) in [5, 5.41) is 14.2. The van der Waals surface area contributed by atoms with Crippen LogP contribution in [0.2, 0.25) is 5.02 Å². The zero-order chi connectivity index (χ0) is 39.6. The third kappa shape index (κ3) is 7.68. The number of imide groups is 2. The minimum atomic E-state index is -1.04. The number of nitrogens with zero attached hydrogens (tertiary/aromatic N) is 4. The molecule has 56 heavy (non-hydrogen) atoms. The van der Waals surface area contributed by atoms with E-state index in [0.717, 1.165) is 43.2 Å². The first-order valence-corrected chi connectivity index (χ1v) is 19.4. The Labute approximate surface area is 332 Å². The van der Waals surface area contributed by atoms with Crippen molar-refractivity contribution in [1.82, 2.24) is 20.2 Å². The molecule has 5 aromatic rings. The molecule has 3 heterocycles. The molecule has 1 unspecified atom stereocenters. The molecule has 2 aliphatic rings. The molecule has 1 aromatic heterocycles. The van der Waals surface area contributed by atoms with Gasteiger partial charge >= 0.3 is 0 Å². The smallest absolute Gasteiger partial charge is 0.262 e. The molecule has 0 bridgehead atoms. The van der Waals surface area contributed by atoms with Crippen LogP contribution in [0.25, 0.3) is 22.0 Å². The van der Waals surface area contributed by atoms with Crippen molar-refractivity contribution in [3.63, 3.8) is 0 Å². The number of carbonyl (C=O) groups is 4. The maximum absolute atomic E-state index is 13.1. The number of aromatic nitrogens is 2. The Kier molecular flexibility index (Phi) is 11.1. The van der Waals surface area contributed by atoms with Gasteiger partial charge in [-0.05, 0) is 77.4 Å². The van der Waals surface area contributed by atoms with Gasteiger partial charge in [0.1, 0.15) is 31.1 Å². The number of ether oxygens (including phenoxy) is 3. The van der Waals surface area contributed by atoms with E-state index >= 15 is 0 Å². The van der Waals surface area contributed by atoms with Gasteiger partial charge in [-0.15, -0.1) is 0 Å². The fraction of sp³-hybridized carbons (Fsp3) is 0.262. The number of nitrogens with one attached hydrogen (secondary N) is 1. The first kappa shape index (κ1) is 38.5. The van der Waals surface area contributed by atoms with Gasteiger partial charge in [0.05, 0.1) is 40.4 Å². The summed E-state index contributed by atoms with van der Waals surface area (Å²) in [6.07, 6.45) is 3.92. The molecule has 4 aromatic carbocycles. The number of piperidine rings is 1. The second-order valence-corrected chi connectivity index (χ2v) is 14.9. The van der Waals surface area contributed by atoms with Gasteiger partial charge in [-0.1, -0.05) is 67.5 Å². The summed E-state index contributed by atoms with van der Waals surface area (Å²) >= 11 is 8.22. The molecule has 0 radical (unpaired) electrons. The largest absolute Gasteiger partial charge is 0.491 e. The molecular weight excluding hydrogens is 754 g/mol. The molecule has 0 aliphatic carbocycles. The minimum Gasteiger partial charge on any atom is -0.491 e. The number of fused-ring (bicyclic) bond motifs is 2. The van der Waals surface area contributed by atoms with Crippen molar-refractivity contribution in [3.05, 3.63) is 112 Å². The Bertz CT molecular complexity index is 2430. The lowest BCUT2D eigenvalue weighted by Crippen LogP contribution is -2.54. The van der Waals surface area contributed by atoms with Crippen molar-refractivity contribution in [2.24, 2.45) is 0 Å². The zero-order valence-corrected chi connectivity index (χ0v) is 32.3. The summed E-state index contributed by atoms with van der Waals surface area (Å²) in [5.74, 6) is -1.68. The lowest BCUT2D eigenvalue weighted by Gasteiger charge is -2.27. The molecule has 0 saturated carbocycles. The summed E-state index contributed by atoms with van der Waals surface area (Å²) in [6.45, 7) is 4.81. The molecule has 1 N–H and O–H groups in total. The number of benzene rings is 4. The van der Waals surface area contributed by atoms with Crippen molar-refractivity contribution < 1.29 is 33.4 Å². The Morgan fingerprint density at radius 2 is 1.62 bits per heavy atom. The number of carbonyl (C=O) groups excluding carboxylic acids is 4. The topological polar surface area (TPSA) is 161 Å². The van der Waals surface area contributed by atoms with E-state index in [1.807, 2.05) is 24.6 Å². The van der Waals surface area contributed by atoms with Crippen molar-refractivity contribution in [2.45, 2.75) is 43.3 Å². The molecule has 7 rings (SSSR count). The van der Waals surface area contributed by atoms with Gasteiger partial charge in [0.25, 0.3) is 11.8 Å². The average molecular weight is 790 g/mol. The van der Waals surface area contributed by atoms with Crippen molar-refractivity contribution in [1.29, 1.82) is 5.26 Å². The Hall–Kier alpha value is -5.81. The quantitative estimate of drug-likeness (QED) is 0.0582. The fourth-order valence-electron chi connectivity index (χ4n) is 6.79. The van der Waals surface area contributed by atoms with E-state index < -0.39 is 35.1 Å². The van der Waals surface area contributed by atoms with E-state index in [1.54, 1.807) is 12.1 Å². The normalized spacial score (nSPS) is 15.5. The van der Waals surface area contributed by atoms with Crippen LogP contribution in [0.3, 0.4) is 0 Å². The summed E-state index contributed by atoms with van der Waals surface area (Å²) in [4.78, 5) is 59.7. The molecular formula is C42H36ClN5O7S. The number of hydrogen-bond acceptors (Lipinski definition) is 11. The third-order valence-corrected chi connectivity index (χ3v) is 10.8. The number of rotatable bonds is 13. The SMILES string of the molecule is CSc1ncc2cc(-c3ccc(C(C)(C)c4cc(Cl)c(OCCOCCOc5ccc6c(c5)C(=O)N(C5CCC(=O)NC5=O)C6=O)c(C#N)c4)cc3)ccc2n1. The second-order valence-electron chi connectivity index (χ2n) is 13.7. The molecule has 4 amide bonds. The maximum Gasteiger partial charge on any atom is 0.262 e. The monoisotopic (exact) mass is 789 g/mol. The van der Waals surface area contributed by atoms with Gasteiger partial charge in [-0.3, -0.25) is 29.4 Å². The lowest BCUT2D eigenvalue weighted by molar-refractivity contribution is -0.136. The Morgan fingerprint density at radius 3 is 2.36 bits per heavy atom. The standard InChI is InChI=1S/C42H36ClN5O7S/c1-42(2,28-7-4-24(5-8-28)25-6-11-34-27(18-25)23-45-41(46-34)56-3)29-19-26(22-44)37(33(43)20-29)55-17-15-53-14-16-54-30-9-10-31-32(21-30)40(52)48(39(31)51)35-12-13-36(49)47-38(35)50/h4-11,18-21,23,35H,12-17H2,1-3H3,(H,47,49,50). The maximum atomic E-state index is 13.1. The molecule has 284 valence electrons. The van der Waals surface area contributed by atoms with E-state index in [2.05, 4.69) is 71.6 Å². The molecule has 1 fully saturated rings. The molecule has 12 nitrogen and oxygen atoms in total. The van der Waals surface area contributed by atoms with Crippen LogP contribution in [0.15, 0.2) is 84.1 Å². The molecule has 1 saturated heterocycles. The first-order valence-electron chi connectivity index (χ1n) is 17.8. The highest BCUT2D eigenvalue weighted by Gasteiger charge is 2.44. The van der Waals surface area contributed by atoms with E-state index in [9.17, 15) is 24.4 Å². The van der Waals surface area contributed by atoms with Crippen LogP contribution in [0, 0.1) is 11.3 Å². The van der Waals surface area contributed by atoms with E-state index in [-0.39, 0.29) is 56.1 Å². The molecule has 2 aliphatic heterocycles. The Morgan fingerprint density at radius 1 is 0.893 bits per heavy atom.